The third kappa shape index (κ3) is 1.93. The van der Waals surface area contributed by atoms with Gasteiger partial charge in [-0.2, -0.15) is 0 Å². The lowest BCUT2D eigenvalue weighted by Crippen LogP contribution is -1.91. The maximum absolute atomic E-state index is 13.5. The first-order valence-electron chi connectivity index (χ1n) is 5.61. The molecule has 0 amide bonds. The molecule has 0 radical (unpaired) electrons. The van der Waals surface area contributed by atoms with Crippen LogP contribution in [0.3, 0.4) is 0 Å². The number of hydrogen-bond acceptors (Lipinski definition) is 3. The third-order valence-corrected chi connectivity index (χ3v) is 2.76. The van der Waals surface area contributed by atoms with Crippen molar-refractivity contribution in [2.75, 3.05) is 5.73 Å². The van der Waals surface area contributed by atoms with Crippen molar-refractivity contribution in [1.29, 1.82) is 0 Å². The molecule has 3 aromatic rings. The first-order valence-corrected chi connectivity index (χ1v) is 5.61. The highest BCUT2D eigenvalue weighted by atomic mass is 19.1. The van der Waals surface area contributed by atoms with Gasteiger partial charge in [-0.05, 0) is 23.8 Å². The Balaban J connectivity index is 1.98. The van der Waals surface area contributed by atoms with Crippen LogP contribution in [0.2, 0.25) is 0 Å². The lowest BCUT2D eigenvalue weighted by Gasteiger charge is -1.98. The summed E-state index contributed by atoms with van der Waals surface area (Å²) in [5.41, 5.74) is 8.21. The van der Waals surface area contributed by atoms with Gasteiger partial charge >= 0.3 is 0 Å². The van der Waals surface area contributed by atoms with E-state index in [4.69, 9.17) is 10.2 Å². The van der Waals surface area contributed by atoms with Crippen molar-refractivity contribution in [1.82, 2.24) is 4.98 Å². The number of oxazole rings is 1. The summed E-state index contributed by atoms with van der Waals surface area (Å²) in [5, 5.41) is 0. The van der Waals surface area contributed by atoms with Gasteiger partial charge in [-0.3, -0.25) is 0 Å². The normalized spacial score (nSPS) is 10.9. The number of anilines is 1. The van der Waals surface area contributed by atoms with E-state index < -0.39 is 0 Å². The molecular formula is C14H11FN2O. The molecule has 0 aliphatic rings. The van der Waals surface area contributed by atoms with Gasteiger partial charge in [0.15, 0.2) is 11.5 Å². The first kappa shape index (κ1) is 10.8. The molecule has 0 spiro atoms. The molecule has 0 aliphatic carbocycles. The number of aromatic nitrogens is 1. The Bertz CT molecular complexity index is 706. The summed E-state index contributed by atoms with van der Waals surface area (Å²) in [7, 11) is 0. The van der Waals surface area contributed by atoms with Gasteiger partial charge in [-0.25, -0.2) is 9.37 Å². The van der Waals surface area contributed by atoms with Crippen LogP contribution in [0.5, 0.6) is 0 Å². The van der Waals surface area contributed by atoms with Crippen LogP contribution in [0.15, 0.2) is 46.9 Å². The smallest absolute Gasteiger partial charge is 0.200 e. The summed E-state index contributed by atoms with van der Waals surface area (Å²) in [6.45, 7) is 0. The summed E-state index contributed by atoms with van der Waals surface area (Å²) in [6, 6.07) is 11.9. The monoisotopic (exact) mass is 242 g/mol. The van der Waals surface area contributed by atoms with Crippen LogP contribution in [-0.2, 0) is 6.42 Å². The van der Waals surface area contributed by atoms with E-state index in [0.717, 1.165) is 5.52 Å². The fourth-order valence-electron chi connectivity index (χ4n) is 1.87. The predicted molar refractivity (Wildman–Crippen MR) is 67.6 cm³/mol. The quantitative estimate of drug-likeness (QED) is 0.702. The molecule has 2 N–H and O–H groups in total. The highest BCUT2D eigenvalue weighted by Gasteiger charge is 2.09. The zero-order valence-electron chi connectivity index (χ0n) is 9.56. The highest BCUT2D eigenvalue weighted by molar-refractivity contribution is 5.76. The molecule has 2 aromatic carbocycles. The minimum absolute atomic E-state index is 0.251. The van der Waals surface area contributed by atoms with Crippen molar-refractivity contribution >= 4 is 16.8 Å². The second-order valence-electron chi connectivity index (χ2n) is 4.10. The van der Waals surface area contributed by atoms with Gasteiger partial charge in [0.2, 0.25) is 0 Å². The van der Waals surface area contributed by atoms with E-state index in [-0.39, 0.29) is 5.82 Å². The van der Waals surface area contributed by atoms with Crippen LogP contribution in [0.25, 0.3) is 11.1 Å². The second kappa shape index (κ2) is 4.14. The average molecular weight is 242 g/mol. The zero-order valence-corrected chi connectivity index (χ0v) is 9.56. The van der Waals surface area contributed by atoms with Crippen LogP contribution in [0, 0.1) is 5.82 Å². The molecule has 90 valence electrons. The Hall–Kier alpha value is -2.36. The molecule has 1 aromatic heterocycles. The molecule has 0 saturated carbocycles. The summed E-state index contributed by atoms with van der Waals surface area (Å²) in [5.74, 6) is 0.236. The lowest BCUT2D eigenvalue weighted by molar-refractivity contribution is 0.534. The van der Waals surface area contributed by atoms with Crippen LogP contribution < -0.4 is 5.73 Å². The average Bonchev–Trinajstić information content (AvgIpc) is 2.73. The van der Waals surface area contributed by atoms with E-state index in [0.29, 0.717) is 29.1 Å². The molecule has 0 unspecified atom stereocenters. The van der Waals surface area contributed by atoms with Gasteiger partial charge < -0.3 is 10.2 Å². The maximum Gasteiger partial charge on any atom is 0.200 e. The molecule has 3 nitrogen and oxygen atoms in total. The Labute approximate surface area is 103 Å². The van der Waals surface area contributed by atoms with Crippen molar-refractivity contribution in [3.8, 4) is 0 Å². The minimum Gasteiger partial charge on any atom is -0.440 e. The molecular weight excluding hydrogens is 231 g/mol. The Morgan fingerprint density at radius 1 is 1.17 bits per heavy atom. The van der Waals surface area contributed by atoms with Gasteiger partial charge in [-0.1, -0.05) is 18.2 Å². The Kier molecular flexibility index (Phi) is 2.48. The van der Waals surface area contributed by atoms with Gasteiger partial charge in [0.05, 0.1) is 6.42 Å². The maximum atomic E-state index is 13.5. The van der Waals surface area contributed by atoms with E-state index in [1.807, 2.05) is 0 Å². The number of nitrogen functional groups attached to an aromatic ring is 1. The molecule has 0 bridgehead atoms. The number of nitrogens with zero attached hydrogens (tertiary/aromatic N) is 1. The standard InChI is InChI=1S/C14H11FN2O/c15-11-4-2-1-3-9(11)7-14-17-12-6-5-10(16)8-13(12)18-14/h1-6,8H,7,16H2. The van der Waals surface area contributed by atoms with Crippen molar-refractivity contribution in [3.63, 3.8) is 0 Å². The van der Waals surface area contributed by atoms with Crippen LogP contribution >= 0.6 is 0 Å². The molecule has 0 aliphatic heterocycles. The van der Waals surface area contributed by atoms with E-state index in [2.05, 4.69) is 4.98 Å². The van der Waals surface area contributed by atoms with Crippen molar-refractivity contribution < 1.29 is 8.81 Å². The molecule has 18 heavy (non-hydrogen) atoms. The SMILES string of the molecule is Nc1ccc2nc(Cc3ccccc3F)oc2c1. The second-order valence-corrected chi connectivity index (χ2v) is 4.10. The Morgan fingerprint density at radius 2 is 2.00 bits per heavy atom. The first-order chi connectivity index (χ1) is 8.72. The van der Waals surface area contributed by atoms with Gasteiger partial charge in [0.25, 0.3) is 0 Å². The third-order valence-electron chi connectivity index (χ3n) is 2.76. The minimum atomic E-state index is -0.251. The van der Waals surface area contributed by atoms with E-state index in [1.165, 1.54) is 6.07 Å². The highest BCUT2D eigenvalue weighted by Crippen LogP contribution is 2.20. The fourth-order valence-corrected chi connectivity index (χ4v) is 1.87. The van der Waals surface area contributed by atoms with Gasteiger partial charge in [-0.15, -0.1) is 0 Å². The van der Waals surface area contributed by atoms with Crippen molar-refractivity contribution in [3.05, 3.63) is 59.7 Å². The summed E-state index contributed by atoms with van der Waals surface area (Å²) in [6.07, 6.45) is 0.335. The van der Waals surface area contributed by atoms with Crippen LogP contribution in [0.4, 0.5) is 10.1 Å². The summed E-state index contributed by atoms with van der Waals surface area (Å²) >= 11 is 0. The number of hydrogen-bond donors (Lipinski definition) is 1. The molecule has 0 fully saturated rings. The van der Waals surface area contributed by atoms with Gasteiger partial charge in [0.1, 0.15) is 11.3 Å². The molecule has 0 atom stereocenters. The number of fused-ring (bicyclic) bond motifs is 1. The van der Waals surface area contributed by atoms with E-state index in [9.17, 15) is 4.39 Å². The summed E-state index contributed by atoms with van der Waals surface area (Å²) < 4.78 is 19.1. The molecule has 4 heteroatoms. The lowest BCUT2D eigenvalue weighted by atomic mass is 10.1. The number of nitrogens with two attached hydrogens (primary N) is 1. The van der Waals surface area contributed by atoms with Gasteiger partial charge in [0, 0.05) is 11.8 Å². The topological polar surface area (TPSA) is 52.0 Å². The molecule has 1 heterocycles. The van der Waals surface area contributed by atoms with Crippen LogP contribution in [-0.4, -0.2) is 4.98 Å². The number of rotatable bonds is 2. The van der Waals surface area contributed by atoms with E-state index >= 15 is 0 Å². The summed E-state index contributed by atoms with van der Waals surface area (Å²) in [4.78, 5) is 4.30. The number of benzene rings is 2. The van der Waals surface area contributed by atoms with E-state index in [1.54, 1.807) is 36.4 Å². The van der Waals surface area contributed by atoms with Crippen molar-refractivity contribution in [2.45, 2.75) is 6.42 Å². The fraction of sp³-hybridized carbons (Fsp3) is 0.0714. The number of halogens is 1. The Morgan fingerprint density at radius 3 is 2.83 bits per heavy atom. The largest absolute Gasteiger partial charge is 0.440 e. The molecule has 3 rings (SSSR count). The predicted octanol–water partition coefficient (Wildman–Crippen LogP) is 3.14. The zero-order chi connectivity index (χ0) is 12.5. The molecule has 0 saturated heterocycles. The van der Waals surface area contributed by atoms with Crippen molar-refractivity contribution in [2.24, 2.45) is 0 Å². The van der Waals surface area contributed by atoms with Crippen LogP contribution in [0.1, 0.15) is 11.5 Å².